The summed E-state index contributed by atoms with van der Waals surface area (Å²) in [5.74, 6) is -1.34. The Morgan fingerprint density at radius 3 is 2.49 bits per heavy atom. The highest BCUT2D eigenvalue weighted by atomic mass is 16.5. The summed E-state index contributed by atoms with van der Waals surface area (Å²) in [7, 11) is 0. The number of aliphatic hydroxyl groups excluding tert-OH is 1. The zero-order chi connectivity index (χ0) is 29.2. The van der Waals surface area contributed by atoms with Crippen LogP contribution in [0.1, 0.15) is 62.6 Å². The zero-order valence-electron chi connectivity index (χ0n) is 24.3. The Balaban J connectivity index is 1.46. The third kappa shape index (κ3) is 8.52. The third-order valence-electron chi connectivity index (χ3n) is 8.38. The molecule has 0 bridgehead atoms. The highest BCUT2D eigenvalue weighted by molar-refractivity contribution is 5.86. The molecule has 0 aromatic heterocycles. The van der Waals surface area contributed by atoms with Crippen LogP contribution in [0.3, 0.4) is 0 Å². The van der Waals surface area contributed by atoms with Gasteiger partial charge in [-0.2, -0.15) is 0 Å². The number of carbonyl (C=O) groups is 3. The molecule has 2 heterocycles. The molecular formula is C34H44N2O5. The summed E-state index contributed by atoms with van der Waals surface area (Å²) in [5, 5.41) is 13.1. The summed E-state index contributed by atoms with van der Waals surface area (Å²) in [6, 6.07) is 17.3. The minimum absolute atomic E-state index is 0.0384. The van der Waals surface area contributed by atoms with E-state index in [1.54, 1.807) is 4.90 Å². The first kappa shape index (κ1) is 30.5. The Bertz CT molecular complexity index is 1190. The second-order valence-electron chi connectivity index (χ2n) is 11.7. The van der Waals surface area contributed by atoms with Crippen LogP contribution in [0, 0.1) is 17.8 Å². The molecule has 4 atom stereocenters. The van der Waals surface area contributed by atoms with Gasteiger partial charge in [0.25, 0.3) is 0 Å². The van der Waals surface area contributed by atoms with Crippen LogP contribution < -0.4 is 5.32 Å². The van der Waals surface area contributed by atoms with Gasteiger partial charge in [0, 0.05) is 13.0 Å². The van der Waals surface area contributed by atoms with Gasteiger partial charge in [0.1, 0.15) is 6.61 Å². The molecule has 0 radical (unpaired) electrons. The van der Waals surface area contributed by atoms with E-state index < -0.39 is 5.92 Å². The summed E-state index contributed by atoms with van der Waals surface area (Å²) in [6.45, 7) is 4.38. The lowest BCUT2D eigenvalue weighted by atomic mass is 9.91. The minimum Gasteiger partial charge on any atom is -0.463 e. The monoisotopic (exact) mass is 560 g/mol. The lowest BCUT2D eigenvalue weighted by Crippen LogP contribution is -2.49. The number of benzene rings is 2. The number of cyclic esters (lactones) is 1. The van der Waals surface area contributed by atoms with E-state index in [1.165, 1.54) is 0 Å². The normalized spacial score (nSPS) is 24.2. The Hall–Kier alpha value is -3.45. The quantitative estimate of drug-likeness (QED) is 0.397. The minimum atomic E-state index is -0.555. The SMILES string of the molecule is CC(C)[C@H]1COC(=O)[C@@H](Cc2ccccc2)CCCC=CC[C@H](CC(=O)N2Cc3ccccc3C[C@H]2CO)C(=O)N1. The molecule has 4 rings (SSSR count). The molecule has 0 unspecified atom stereocenters. The Morgan fingerprint density at radius 1 is 1.02 bits per heavy atom. The molecule has 2 aromatic rings. The van der Waals surface area contributed by atoms with Crippen molar-refractivity contribution in [1.82, 2.24) is 10.2 Å². The summed E-state index contributed by atoms with van der Waals surface area (Å²) < 4.78 is 5.79. The van der Waals surface area contributed by atoms with E-state index in [1.807, 2.05) is 74.5 Å². The first-order chi connectivity index (χ1) is 19.9. The average molecular weight is 561 g/mol. The van der Waals surface area contributed by atoms with Crippen LogP contribution in [0.5, 0.6) is 0 Å². The molecule has 0 aliphatic carbocycles. The van der Waals surface area contributed by atoms with Crippen molar-refractivity contribution in [1.29, 1.82) is 0 Å². The topological polar surface area (TPSA) is 95.9 Å². The molecule has 220 valence electrons. The summed E-state index contributed by atoms with van der Waals surface area (Å²) in [5.41, 5.74) is 3.33. The molecule has 2 aliphatic rings. The number of nitrogens with one attached hydrogen (secondary N) is 1. The fourth-order valence-electron chi connectivity index (χ4n) is 5.71. The van der Waals surface area contributed by atoms with Crippen molar-refractivity contribution in [3.63, 3.8) is 0 Å². The van der Waals surface area contributed by atoms with Crippen LogP contribution in [0.4, 0.5) is 0 Å². The van der Waals surface area contributed by atoms with Gasteiger partial charge >= 0.3 is 5.97 Å². The van der Waals surface area contributed by atoms with Crippen molar-refractivity contribution in [2.75, 3.05) is 13.2 Å². The molecule has 41 heavy (non-hydrogen) atoms. The first-order valence-electron chi connectivity index (χ1n) is 15.0. The smallest absolute Gasteiger partial charge is 0.309 e. The van der Waals surface area contributed by atoms with Crippen LogP contribution in [-0.4, -0.2) is 53.1 Å². The Morgan fingerprint density at radius 2 is 1.76 bits per heavy atom. The number of hydrogen-bond acceptors (Lipinski definition) is 5. The highest BCUT2D eigenvalue weighted by Gasteiger charge is 2.33. The van der Waals surface area contributed by atoms with Gasteiger partial charge in [0.05, 0.1) is 30.5 Å². The molecule has 7 nitrogen and oxygen atoms in total. The number of hydrogen-bond donors (Lipinski definition) is 2. The molecule has 2 aliphatic heterocycles. The van der Waals surface area contributed by atoms with Crippen molar-refractivity contribution in [2.45, 2.75) is 77.4 Å². The van der Waals surface area contributed by atoms with Gasteiger partial charge in [0.15, 0.2) is 0 Å². The fourth-order valence-corrected chi connectivity index (χ4v) is 5.71. The van der Waals surface area contributed by atoms with Gasteiger partial charge in [-0.1, -0.05) is 80.6 Å². The lowest BCUT2D eigenvalue weighted by molar-refractivity contribution is -0.150. The van der Waals surface area contributed by atoms with Crippen LogP contribution >= 0.6 is 0 Å². The number of carbonyl (C=O) groups excluding carboxylic acids is 3. The molecule has 2 amide bonds. The van der Waals surface area contributed by atoms with E-state index in [-0.39, 0.29) is 61.3 Å². The molecule has 2 aromatic carbocycles. The van der Waals surface area contributed by atoms with Crippen molar-refractivity contribution >= 4 is 17.8 Å². The predicted molar refractivity (Wildman–Crippen MR) is 159 cm³/mol. The first-order valence-corrected chi connectivity index (χ1v) is 15.0. The van der Waals surface area contributed by atoms with Gasteiger partial charge in [-0.3, -0.25) is 14.4 Å². The van der Waals surface area contributed by atoms with Crippen LogP contribution in [0.25, 0.3) is 0 Å². The van der Waals surface area contributed by atoms with E-state index in [4.69, 9.17) is 4.74 Å². The van der Waals surface area contributed by atoms with Gasteiger partial charge in [-0.25, -0.2) is 0 Å². The van der Waals surface area contributed by atoms with Crippen LogP contribution in [0.2, 0.25) is 0 Å². The second kappa shape index (κ2) is 15.0. The van der Waals surface area contributed by atoms with Crippen molar-refractivity contribution in [3.8, 4) is 0 Å². The summed E-state index contributed by atoms with van der Waals surface area (Å²) >= 11 is 0. The highest BCUT2D eigenvalue weighted by Crippen LogP contribution is 2.26. The Labute approximate surface area is 244 Å². The maximum absolute atomic E-state index is 13.6. The van der Waals surface area contributed by atoms with E-state index in [0.717, 1.165) is 36.0 Å². The molecule has 0 saturated heterocycles. The maximum Gasteiger partial charge on any atom is 0.309 e. The van der Waals surface area contributed by atoms with Crippen LogP contribution in [-0.2, 0) is 38.5 Å². The lowest BCUT2D eigenvalue weighted by Gasteiger charge is -2.37. The Kier molecular flexibility index (Phi) is 11.1. The number of amides is 2. The average Bonchev–Trinajstić information content (AvgIpc) is 2.98. The standard InChI is InChI=1S/C34H44N2O5/c1-24(2)31-23-41-34(40)28(18-25-12-6-5-7-13-25)16-9-4-3-8-15-27(33(39)35-31)20-32(38)36-21-29-17-11-10-14-26(29)19-30(36)22-37/h3,5-8,10-14,17,24,27-28,30-31,37H,4,9,15-16,18-23H2,1-2H3,(H,35,39)/t27-,28-,30+,31-/m1/s1. The van der Waals surface area contributed by atoms with E-state index in [0.29, 0.717) is 25.8 Å². The summed E-state index contributed by atoms with van der Waals surface area (Å²) in [4.78, 5) is 42.0. The fraction of sp³-hybridized carbons (Fsp3) is 0.500. The molecule has 0 spiro atoms. The molecule has 2 N–H and O–H groups in total. The number of fused-ring (bicyclic) bond motifs is 1. The largest absolute Gasteiger partial charge is 0.463 e. The maximum atomic E-state index is 13.6. The van der Waals surface area contributed by atoms with Gasteiger partial charge in [-0.05, 0) is 61.1 Å². The van der Waals surface area contributed by atoms with Gasteiger partial charge in [-0.15, -0.1) is 0 Å². The van der Waals surface area contributed by atoms with Gasteiger partial charge in [0.2, 0.25) is 11.8 Å². The number of ether oxygens (including phenoxy) is 1. The number of aliphatic hydroxyl groups is 1. The zero-order valence-corrected chi connectivity index (χ0v) is 24.3. The number of allylic oxidation sites excluding steroid dienone is 2. The van der Waals surface area contributed by atoms with Crippen molar-refractivity contribution in [3.05, 3.63) is 83.4 Å². The van der Waals surface area contributed by atoms with Crippen LogP contribution in [0.15, 0.2) is 66.7 Å². The van der Waals surface area contributed by atoms with Crippen molar-refractivity contribution in [2.24, 2.45) is 17.8 Å². The number of esters is 1. The predicted octanol–water partition coefficient (Wildman–Crippen LogP) is 4.61. The molecule has 0 fully saturated rings. The number of nitrogens with zero attached hydrogens (tertiary/aromatic N) is 1. The van der Waals surface area contributed by atoms with E-state index in [2.05, 4.69) is 11.4 Å². The third-order valence-corrected chi connectivity index (χ3v) is 8.38. The van der Waals surface area contributed by atoms with Gasteiger partial charge < -0.3 is 20.1 Å². The van der Waals surface area contributed by atoms with E-state index >= 15 is 0 Å². The second-order valence-corrected chi connectivity index (χ2v) is 11.7. The van der Waals surface area contributed by atoms with Crippen molar-refractivity contribution < 1.29 is 24.2 Å². The molecule has 7 heteroatoms. The molecule has 0 saturated carbocycles. The summed E-state index contributed by atoms with van der Waals surface area (Å²) in [6.07, 6.45) is 8.11. The van der Waals surface area contributed by atoms with E-state index in [9.17, 15) is 19.5 Å². The molecular weight excluding hydrogens is 516 g/mol. The number of rotatable bonds is 6.